The molecule has 1 aliphatic heterocycles. The first-order valence-electron chi connectivity index (χ1n) is 13.9. The standard InChI is InChI=1S/C31H38N4O4/c36-28-16-6-9-19-33-30(38)31(17-7-8-18-31)34-21-22-39-27-15-5-4-13-25(27)14-10-20-32-29(37)26(35-28)23-24-11-2-1-3-12-24/h1-2,4-5,10-11,13-15,26,34H,6-9,16-23H2,(H,32,37)(H,33,38)(H,35,36)/b14-10+/t26-/m0/s1. The molecule has 1 heterocycles. The molecule has 4 rings (SSSR count). The molecule has 1 aliphatic carbocycles. The van der Waals surface area contributed by atoms with Gasteiger partial charge in [-0.25, -0.2) is 0 Å². The van der Waals surface area contributed by atoms with Crippen LogP contribution < -0.4 is 26.0 Å². The molecule has 0 bridgehead atoms. The maximum atomic E-state index is 13.1. The van der Waals surface area contributed by atoms with Crippen LogP contribution in [-0.2, 0) is 20.8 Å². The highest BCUT2D eigenvalue weighted by molar-refractivity contribution is 5.88. The molecular weight excluding hydrogens is 492 g/mol. The Morgan fingerprint density at radius 3 is 2.62 bits per heavy atom. The lowest BCUT2D eigenvalue weighted by atomic mass is 9.96. The van der Waals surface area contributed by atoms with Gasteiger partial charge in [0.25, 0.3) is 0 Å². The van der Waals surface area contributed by atoms with Gasteiger partial charge in [-0.05, 0) is 43.9 Å². The minimum Gasteiger partial charge on any atom is -0.492 e. The van der Waals surface area contributed by atoms with Gasteiger partial charge in [0.2, 0.25) is 17.7 Å². The van der Waals surface area contributed by atoms with E-state index in [4.69, 9.17) is 4.74 Å². The fourth-order valence-corrected chi connectivity index (χ4v) is 5.12. The summed E-state index contributed by atoms with van der Waals surface area (Å²) in [6.45, 7) is 1.80. The van der Waals surface area contributed by atoms with Gasteiger partial charge >= 0.3 is 0 Å². The summed E-state index contributed by atoms with van der Waals surface area (Å²) in [5.41, 5.74) is 1.12. The van der Waals surface area contributed by atoms with Crippen LogP contribution in [0.1, 0.15) is 56.1 Å². The molecule has 0 saturated heterocycles. The molecule has 8 nitrogen and oxygen atoms in total. The number of para-hydroxylation sites is 1. The molecule has 1 atom stereocenters. The summed E-state index contributed by atoms with van der Waals surface area (Å²) in [7, 11) is 0. The molecule has 206 valence electrons. The van der Waals surface area contributed by atoms with Crippen LogP contribution in [-0.4, -0.2) is 55.5 Å². The van der Waals surface area contributed by atoms with Crippen molar-refractivity contribution in [3.63, 3.8) is 0 Å². The molecule has 1 spiro atoms. The minimum atomic E-state index is -0.726. The fourth-order valence-electron chi connectivity index (χ4n) is 5.12. The Labute approximate surface area is 231 Å². The zero-order chi connectivity index (χ0) is 27.3. The largest absolute Gasteiger partial charge is 0.492 e. The zero-order valence-electron chi connectivity index (χ0n) is 22.4. The second-order valence-corrected chi connectivity index (χ2v) is 10.1. The number of fused-ring (bicyclic) bond motifs is 1. The summed E-state index contributed by atoms with van der Waals surface area (Å²) in [6, 6.07) is 18.3. The second-order valence-electron chi connectivity index (χ2n) is 10.1. The van der Waals surface area contributed by atoms with E-state index >= 15 is 0 Å². The number of rotatable bonds is 2. The lowest BCUT2D eigenvalue weighted by molar-refractivity contribution is -0.129. The normalized spacial score (nSPS) is 22.2. The summed E-state index contributed by atoms with van der Waals surface area (Å²) in [6.07, 6.45) is 9.30. The van der Waals surface area contributed by atoms with Crippen LogP contribution in [0.5, 0.6) is 5.75 Å². The number of ether oxygens (including phenoxy) is 1. The molecule has 2 aliphatic rings. The summed E-state index contributed by atoms with van der Waals surface area (Å²) in [5, 5.41) is 12.3. The third-order valence-corrected chi connectivity index (χ3v) is 7.23. The Balaban J connectivity index is 1.46. The monoisotopic (exact) mass is 530 g/mol. The quantitative estimate of drug-likeness (QED) is 0.478. The topological polar surface area (TPSA) is 109 Å². The van der Waals surface area contributed by atoms with Gasteiger partial charge in [-0.1, -0.05) is 61.4 Å². The number of nitrogens with one attached hydrogen (secondary N) is 4. The van der Waals surface area contributed by atoms with Crippen molar-refractivity contribution in [2.45, 2.75) is 62.9 Å². The first-order valence-corrected chi connectivity index (χ1v) is 13.9. The van der Waals surface area contributed by atoms with Crippen molar-refractivity contribution in [2.24, 2.45) is 0 Å². The fraction of sp³-hybridized carbons (Fsp3) is 0.452. The first-order chi connectivity index (χ1) is 19.1. The Bertz CT molecular complexity index is 1130. The number of benzene rings is 1. The van der Waals surface area contributed by atoms with Crippen LogP contribution in [0, 0.1) is 12.1 Å². The number of carbonyl (C=O) groups excluding carboxylic acids is 3. The highest BCUT2D eigenvalue weighted by atomic mass is 16.5. The van der Waals surface area contributed by atoms with Gasteiger partial charge in [0.15, 0.2) is 0 Å². The number of carbonyl (C=O) groups is 3. The third-order valence-electron chi connectivity index (χ3n) is 7.23. The highest BCUT2D eigenvalue weighted by Gasteiger charge is 2.40. The second kappa shape index (κ2) is 14.4. The molecule has 2 aromatic carbocycles. The van der Waals surface area contributed by atoms with Crippen LogP contribution in [0.25, 0.3) is 6.08 Å². The number of amides is 3. The smallest absolute Gasteiger partial charge is 0.243 e. The minimum absolute atomic E-state index is 0.0197. The summed E-state index contributed by atoms with van der Waals surface area (Å²) in [4.78, 5) is 38.9. The van der Waals surface area contributed by atoms with E-state index in [1.165, 1.54) is 0 Å². The SMILES string of the molecule is O=C1CCCCNC(=O)C2(CCCC2)NCCOc2ccccc2/C=C/CNC(=O)[C@H](Cc2c#cccc2)N1. The van der Waals surface area contributed by atoms with Gasteiger partial charge in [-0.3, -0.25) is 19.7 Å². The van der Waals surface area contributed by atoms with Gasteiger partial charge in [-0.2, -0.15) is 0 Å². The molecule has 0 radical (unpaired) electrons. The molecule has 2 aromatic rings. The molecular formula is C31H38N4O4. The maximum absolute atomic E-state index is 13.1. The number of hydrogen-bond acceptors (Lipinski definition) is 5. The van der Waals surface area contributed by atoms with Crippen molar-refractivity contribution < 1.29 is 19.1 Å². The predicted molar refractivity (Wildman–Crippen MR) is 150 cm³/mol. The van der Waals surface area contributed by atoms with Crippen molar-refractivity contribution in [1.29, 1.82) is 0 Å². The molecule has 4 N–H and O–H groups in total. The van der Waals surface area contributed by atoms with Crippen LogP contribution >= 0.6 is 0 Å². The van der Waals surface area contributed by atoms with E-state index in [1.54, 1.807) is 6.07 Å². The number of hydrogen-bond donors (Lipinski definition) is 4. The average molecular weight is 531 g/mol. The summed E-state index contributed by atoms with van der Waals surface area (Å²) < 4.78 is 6.05. The lowest BCUT2D eigenvalue weighted by Gasteiger charge is -2.29. The van der Waals surface area contributed by atoms with E-state index < -0.39 is 11.6 Å². The van der Waals surface area contributed by atoms with Crippen LogP contribution in [0.3, 0.4) is 0 Å². The van der Waals surface area contributed by atoms with Gasteiger partial charge in [-0.15, -0.1) is 0 Å². The predicted octanol–water partition coefficient (Wildman–Crippen LogP) is 2.73. The lowest BCUT2D eigenvalue weighted by Crippen LogP contribution is -2.56. The molecule has 39 heavy (non-hydrogen) atoms. The van der Waals surface area contributed by atoms with Crippen molar-refractivity contribution in [3.8, 4) is 5.75 Å². The van der Waals surface area contributed by atoms with Gasteiger partial charge in [0.1, 0.15) is 18.4 Å². The molecule has 3 amide bonds. The van der Waals surface area contributed by atoms with Crippen molar-refractivity contribution >= 4 is 23.8 Å². The Morgan fingerprint density at radius 2 is 1.79 bits per heavy atom. The maximum Gasteiger partial charge on any atom is 0.243 e. The third kappa shape index (κ3) is 8.33. The Kier molecular flexibility index (Phi) is 10.4. The van der Waals surface area contributed by atoms with E-state index in [0.29, 0.717) is 45.5 Å². The van der Waals surface area contributed by atoms with Crippen molar-refractivity contribution in [1.82, 2.24) is 21.3 Å². The Hall–Kier alpha value is -3.83. The average Bonchev–Trinajstić information content (AvgIpc) is 3.43. The van der Waals surface area contributed by atoms with E-state index in [9.17, 15) is 14.4 Å². The van der Waals surface area contributed by atoms with Gasteiger partial charge in [0, 0.05) is 43.6 Å². The van der Waals surface area contributed by atoms with E-state index in [2.05, 4.69) is 33.4 Å². The molecule has 0 aromatic heterocycles. The van der Waals surface area contributed by atoms with Gasteiger partial charge in [0.05, 0.1) is 5.54 Å². The molecule has 0 unspecified atom stereocenters. The van der Waals surface area contributed by atoms with Crippen molar-refractivity contribution in [2.75, 3.05) is 26.2 Å². The Morgan fingerprint density at radius 1 is 0.949 bits per heavy atom. The van der Waals surface area contributed by atoms with Crippen LogP contribution in [0.4, 0.5) is 0 Å². The zero-order valence-corrected chi connectivity index (χ0v) is 22.4. The van der Waals surface area contributed by atoms with Crippen LogP contribution in [0.2, 0.25) is 0 Å². The summed E-state index contributed by atoms with van der Waals surface area (Å²) >= 11 is 0. The van der Waals surface area contributed by atoms with Crippen molar-refractivity contribution in [3.05, 3.63) is 71.8 Å². The highest BCUT2D eigenvalue weighted by Crippen LogP contribution is 2.30. The molecule has 1 fully saturated rings. The summed E-state index contributed by atoms with van der Waals surface area (Å²) in [5.74, 6) is 0.300. The van der Waals surface area contributed by atoms with E-state index in [0.717, 1.165) is 42.6 Å². The first kappa shape index (κ1) is 28.2. The van der Waals surface area contributed by atoms with Gasteiger partial charge < -0.3 is 20.7 Å². The molecule has 8 heteroatoms. The van der Waals surface area contributed by atoms with E-state index in [1.807, 2.05) is 48.6 Å². The van der Waals surface area contributed by atoms with E-state index in [-0.39, 0.29) is 24.1 Å². The molecule has 1 saturated carbocycles. The van der Waals surface area contributed by atoms with Crippen LogP contribution in [0.15, 0.2) is 48.5 Å².